The van der Waals surface area contributed by atoms with Gasteiger partial charge in [0.1, 0.15) is 11.9 Å². The summed E-state index contributed by atoms with van der Waals surface area (Å²) in [4.78, 5) is 32.8. The molecule has 1 unspecified atom stereocenters. The second kappa shape index (κ2) is 6.14. The summed E-state index contributed by atoms with van der Waals surface area (Å²) in [5.41, 5.74) is -0.154. The number of amides is 1. The predicted molar refractivity (Wildman–Crippen MR) is 62.6 cm³/mol. The number of rotatable bonds is 5. The molecule has 0 fully saturated rings. The number of aliphatic carboxylic acids is 2. The lowest BCUT2D eigenvalue weighted by Gasteiger charge is -2.12. The highest BCUT2D eigenvalue weighted by atomic mass is 35.5. The van der Waals surface area contributed by atoms with Gasteiger partial charge in [0.2, 0.25) is 0 Å². The monoisotopic (exact) mass is 289 g/mol. The smallest absolute Gasteiger partial charge is 0.326 e. The summed E-state index contributed by atoms with van der Waals surface area (Å²) in [6, 6.07) is 1.57. The molecule has 1 amide bonds. The molecule has 1 atom stereocenters. The summed E-state index contributed by atoms with van der Waals surface area (Å²) >= 11 is 5.43. The van der Waals surface area contributed by atoms with Crippen molar-refractivity contribution in [2.45, 2.75) is 12.5 Å². The number of benzene rings is 1. The quantitative estimate of drug-likeness (QED) is 0.754. The van der Waals surface area contributed by atoms with Crippen molar-refractivity contribution in [2.24, 2.45) is 0 Å². The van der Waals surface area contributed by atoms with Crippen LogP contribution in [-0.2, 0) is 9.59 Å². The molecule has 3 N–H and O–H groups in total. The summed E-state index contributed by atoms with van der Waals surface area (Å²) in [6.07, 6.45) is -0.781. The van der Waals surface area contributed by atoms with E-state index in [2.05, 4.69) is 0 Å². The molecule has 0 spiro atoms. The van der Waals surface area contributed by atoms with Gasteiger partial charge in [0.05, 0.1) is 11.4 Å². The average molecular weight is 290 g/mol. The molecule has 0 aliphatic carbocycles. The molecule has 0 saturated carbocycles. The highest BCUT2D eigenvalue weighted by Gasteiger charge is 2.23. The van der Waals surface area contributed by atoms with Crippen LogP contribution >= 0.6 is 11.6 Å². The number of nitrogens with one attached hydrogen (secondary N) is 1. The second-order valence-electron chi connectivity index (χ2n) is 3.59. The molecular weight excluding hydrogens is 281 g/mol. The molecule has 0 bridgehead atoms. The van der Waals surface area contributed by atoms with Crippen molar-refractivity contribution in [3.05, 3.63) is 34.6 Å². The molecule has 8 heteroatoms. The van der Waals surface area contributed by atoms with Gasteiger partial charge >= 0.3 is 11.9 Å². The Kier molecular flexibility index (Phi) is 4.82. The maximum Gasteiger partial charge on any atom is 0.326 e. The zero-order chi connectivity index (χ0) is 14.6. The van der Waals surface area contributed by atoms with E-state index >= 15 is 0 Å². The van der Waals surface area contributed by atoms with Crippen LogP contribution in [-0.4, -0.2) is 34.1 Å². The number of carbonyl (C=O) groups is 3. The van der Waals surface area contributed by atoms with Crippen molar-refractivity contribution in [3.63, 3.8) is 0 Å². The van der Waals surface area contributed by atoms with Gasteiger partial charge in [-0.1, -0.05) is 11.6 Å². The van der Waals surface area contributed by atoms with Gasteiger partial charge in [0.25, 0.3) is 5.91 Å². The molecule has 19 heavy (non-hydrogen) atoms. The van der Waals surface area contributed by atoms with E-state index in [1.165, 1.54) is 6.07 Å². The lowest BCUT2D eigenvalue weighted by atomic mass is 10.1. The SMILES string of the molecule is O=C(O)CC(NC(=O)c1ccc(Cl)c(F)c1)C(=O)O. The highest BCUT2D eigenvalue weighted by molar-refractivity contribution is 6.30. The van der Waals surface area contributed by atoms with Gasteiger partial charge in [-0.25, -0.2) is 9.18 Å². The number of halogens is 2. The van der Waals surface area contributed by atoms with Gasteiger partial charge in [0, 0.05) is 5.56 Å². The third-order valence-electron chi connectivity index (χ3n) is 2.16. The lowest BCUT2D eigenvalue weighted by molar-refractivity contribution is -0.145. The minimum Gasteiger partial charge on any atom is -0.481 e. The van der Waals surface area contributed by atoms with E-state index in [-0.39, 0.29) is 10.6 Å². The van der Waals surface area contributed by atoms with E-state index in [1.54, 1.807) is 0 Å². The first-order valence-electron chi connectivity index (χ1n) is 5.01. The zero-order valence-electron chi connectivity index (χ0n) is 9.39. The predicted octanol–water partition coefficient (Wildman–Crippen LogP) is 1.14. The zero-order valence-corrected chi connectivity index (χ0v) is 10.1. The first-order valence-corrected chi connectivity index (χ1v) is 5.39. The fourth-order valence-electron chi connectivity index (χ4n) is 1.25. The third kappa shape index (κ3) is 4.22. The van der Waals surface area contributed by atoms with Crippen molar-refractivity contribution in [2.75, 3.05) is 0 Å². The van der Waals surface area contributed by atoms with Crippen LogP contribution in [0.4, 0.5) is 4.39 Å². The molecule has 6 nitrogen and oxygen atoms in total. The first kappa shape index (κ1) is 14.9. The van der Waals surface area contributed by atoms with Gasteiger partial charge in [0.15, 0.2) is 0 Å². The molecule has 0 heterocycles. The topological polar surface area (TPSA) is 104 Å². The molecule has 1 aromatic rings. The van der Waals surface area contributed by atoms with Crippen LogP contribution in [0.1, 0.15) is 16.8 Å². The molecule has 0 aliphatic heterocycles. The van der Waals surface area contributed by atoms with Gasteiger partial charge in [-0.15, -0.1) is 0 Å². The summed E-state index contributed by atoms with van der Waals surface area (Å²) in [6.45, 7) is 0. The normalized spacial score (nSPS) is 11.7. The van der Waals surface area contributed by atoms with Gasteiger partial charge in [-0.2, -0.15) is 0 Å². The van der Waals surface area contributed by atoms with Crippen LogP contribution < -0.4 is 5.32 Å². The van der Waals surface area contributed by atoms with E-state index in [0.717, 1.165) is 12.1 Å². The Morgan fingerprint density at radius 3 is 2.42 bits per heavy atom. The molecule has 102 valence electrons. The van der Waals surface area contributed by atoms with Crippen molar-refractivity contribution in [1.29, 1.82) is 0 Å². The molecule has 1 aromatic carbocycles. The van der Waals surface area contributed by atoms with Crippen LogP contribution in [0.15, 0.2) is 18.2 Å². The highest BCUT2D eigenvalue weighted by Crippen LogP contribution is 2.15. The van der Waals surface area contributed by atoms with Crippen molar-refractivity contribution >= 4 is 29.4 Å². The molecule has 0 saturated heterocycles. The molecular formula is C11H9ClFNO5. The molecule has 0 aromatic heterocycles. The van der Waals surface area contributed by atoms with Crippen LogP contribution in [0.25, 0.3) is 0 Å². The van der Waals surface area contributed by atoms with Crippen molar-refractivity contribution < 1.29 is 29.0 Å². The summed E-state index contributed by atoms with van der Waals surface area (Å²) in [5.74, 6) is -4.61. The summed E-state index contributed by atoms with van der Waals surface area (Å²) in [5, 5.41) is 19.0. The van der Waals surface area contributed by atoms with E-state index in [0.29, 0.717) is 0 Å². The summed E-state index contributed by atoms with van der Waals surface area (Å²) in [7, 11) is 0. The number of carboxylic acid groups (broad SMARTS) is 2. The minimum atomic E-state index is -1.59. The molecule has 0 aliphatic rings. The fourth-order valence-corrected chi connectivity index (χ4v) is 1.37. The fraction of sp³-hybridized carbons (Fsp3) is 0.182. The van der Waals surface area contributed by atoms with Crippen LogP contribution in [0, 0.1) is 5.82 Å². The molecule has 0 radical (unpaired) electrons. The Bertz CT molecular complexity index is 534. The summed E-state index contributed by atoms with van der Waals surface area (Å²) < 4.78 is 13.1. The van der Waals surface area contributed by atoms with Crippen LogP contribution in [0.5, 0.6) is 0 Å². The van der Waals surface area contributed by atoms with Gasteiger partial charge in [-0.05, 0) is 18.2 Å². The van der Waals surface area contributed by atoms with Gasteiger partial charge < -0.3 is 15.5 Å². The van der Waals surface area contributed by atoms with Crippen LogP contribution in [0.2, 0.25) is 5.02 Å². The number of hydrogen-bond donors (Lipinski definition) is 3. The largest absolute Gasteiger partial charge is 0.481 e. The number of hydrogen-bond acceptors (Lipinski definition) is 3. The van der Waals surface area contributed by atoms with Gasteiger partial charge in [-0.3, -0.25) is 9.59 Å². The average Bonchev–Trinajstić information content (AvgIpc) is 2.31. The number of carboxylic acids is 2. The minimum absolute atomic E-state index is 0.154. The Labute approximate surface area is 111 Å². The number of carbonyl (C=O) groups excluding carboxylic acids is 1. The van der Waals surface area contributed by atoms with E-state index in [4.69, 9.17) is 21.8 Å². The molecule has 1 rings (SSSR count). The van der Waals surface area contributed by atoms with Crippen molar-refractivity contribution in [1.82, 2.24) is 5.32 Å². The van der Waals surface area contributed by atoms with Crippen LogP contribution in [0.3, 0.4) is 0 Å². The van der Waals surface area contributed by atoms with E-state index < -0.39 is 36.1 Å². The lowest BCUT2D eigenvalue weighted by Crippen LogP contribution is -2.42. The Morgan fingerprint density at radius 1 is 1.32 bits per heavy atom. The van der Waals surface area contributed by atoms with E-state index in [1.807, 2.05) is 5.32 Å². The third-order valence-corrected chi connectivity index (χ3v) is 2.47. The first-order chi connectivity index (χ1) is 8.81. The Balaban J connectivity index is 2.84. The maximum atomic E-state index is 13.1. The maximum absolute atomic E-state index is 13.1. The standard InChI is InChI=1S/C11H9ClFNO5/c12-6-2-1-5(3-7(6)13)10(17)14-8(11(18)19)4-9(15)16/h1-3,8H,4H2,(H,14,17)(H,15,16)(H,18,19). The Morgan fingerprint density at radius 2 is 1.95 bits per heavy atom. The Hall–Kier alpha value is -2.15. The second-order valence-corrected chi connectivity index (χ2v) is 4.00. The van der Waals surface area contributed by atoms with Crippen molar-refractivity contribution in [3.8, 4) is 0 Å². The van der Waals surface area contributed by atoms with E-state index in [9.17, 15) is 18.8 Å².